The first-order valence-corrected chi connectivity index (χ1v) is 8.18. The van der Waals surface area contributed by atoms with Crippen LogP contribution in [0.5, 0.6) is 0 Å². The van der Waals surface area contributed by atoms with Crippen molar-refractivity contribution in [2.45, 2.75) is 9.79 Å². The molecule has 22 heavy (non-hydrogen) atoms. The lowest BCUT2D eigenvalue weighted by Crippen LogP contribution is -2.01. The molecule has 2 nitrogen and oxygen atoms in total. The maximum Gasteiger partial charge on any atom is 0.0651 e. The number of fused-ring (bicyclic) bond motifs is 6. The van der Waals surface area contributed by atoms with Crippen molar-refractivity contribution < 1.29 is 0 Å². The predicted octanol–water partition coefficient (Wildman–Crippen LogP) is 5.54. The van der Waals surface area contributed by atoms with Gasteiger partial charge in [0, 0.05) is 28.2 Å². The maximum atomic E-state index is 3.57. The van der Waals surface area contributed by atoms with Gasteiger partial charge in [-0.2, -0.15) is 0 Å². The highest BCUT2D eigenvalue weighted by atomic mass is 32.2. The molecular weight excluding hydrogens is 288 g/mol. The Morgan fingerprint density at radius 2 is 1.64 bits per heavy atom. The van der Waals surface area contributed by atoms with Crippen molar-refractivity contribution in [2.24, 2.45) is 7.05 Å². The van der Waals surface area contributed by atoms with Crippen molar-refractivity contribution in [2.75, 3.05) is 5.32 Å². The summed E-state index contributed by atoms with van der Waals surface area (Å²) in [7, 11) is 2.16. The van der Waals surface area contributed by atoms with Gasteiger partial charge in [-0.25, -0.2) is 0 Å². The van der Waals surface area contributed by atoms with Crippen LogP contribution in [-0.4, -0.2) is 4.57 Å². The molecule has 0 saturated heterocycles. The Morgan fingerprint density at radius 1 is 0.818 bits per heavy atom. The Bertz CT molecular complexity index is 1050. The maximum absolute atomic E-state index is 3.57. The number of aryl methyl sites for hydroxylation is 1. The van der Waals surface area contributed by atoms with Gasteiger partial charge >= 0.3 is 0 Å². The number of rotatable bonds is 0. The van der Waals surface area contributed by atoms with Gasteiger partial charge in [0.15, 0.2) is 0 Å². The van der Waals surface area contributed by atoms with Crippen molar-refractivity contribution in [1.82, 2.24) is 4.57 Å². The highest BCUT2D eigenvalue weighted by molar-refractivity contribution is 8.00. The average Bonchev–Trinajstić information content (AvgIpc) is 2.87. The highest BCUT2D eigenvalue weighted by Gasteiger charge is 2.20. The normalized spacial score (nSPS) is 13.0. The Balaban J connectivity index is 1.87. The van der Waals surface area contributed by atoms with Gasteiger partial charge in [0.25, 0.3) is 0 Å². The van der Waals surface area contributed by atoms with E-state index in [1.807, 2.05) is 11.8 Å². The monoisotopic (exact) mass is 302 g/mol. The Kier molecular flexibility index (Phi) is 2.38. The zero-order chi connectivity index (χ0) is 14.7. The molecule has 0 amide bonds. The Morgan fingerprint density at radius 3 is 2.59 bits per heavy atom. The van der Waals surface area contributed by atoms with E-state index in [9.17, 15) is 0 Å². The minimum absolute atomic E-state index is 1.19. The minimum atomic E-state index is 1.19. The third-order valence-corrected chi connectivity index (χ3v) is 5.58. The Labute approximate surface area is 132 Å². The summed E-state index contributed by atoms with van der Waals surface area (Å²) >= 11 is 1.86. The molecule has 0 saturated carbocycles. The first-order chi connectivity index (χ1) is 10.8. The van der Waals surface area contributed by atoms with Gasteiger partial charge in [0.05, 0.1) is 21.8 Å². The van der Waals surface area contributed by atoms with Crippen molar-refractivity contribution in [3.05, 3.63) is 60.7 Å². The van der Waals surface area contributed by atoms with E-state index in [-0.39, 0.29) is 0 Å². The van der Waals surface area contributed by atoms with Crippen molar-refractivity contribution in [3.63, 3.8) is 0 Å². The highest BCUT2D eigenvalue weighted by Crippen LogP contribution is 2.48. The summed E-state index contributed by atoms with van der Waals surface area (Å²) in [6.45, 7) is 0. The fourth-order valence-corrected chi connectivity index (χ4v) is 4.52. The van der Waals surface area contributed by atoms with E-state index in [0.29, 0.717) is 0 Å². The van der Waals surface area contributed by atoms with Crippen molar-refractivity contribution in [3.8, 4) is 0 Å². The molecule has 2 heterocycles. The summed E-state index contributed by atoms with van der Waals surface area (Å²) in [6.07, 6.45) is 0. The van der Waals surface area contributed by atoms with E-state index >= 15 is 0 Å². The van der Waals surface area contributed by atoms with Gasteiger partial charge in [0.1, 0.15) is 0 Å². The van der Waals surface area contributed by atoms with Crippen LogP contribution in [0.25, 0.3) is 21.8 Å². The summed E-state index contributed by atoms with van der Waals surface area (Å²) in [5.41, 5.74) is 4.98. The lowest BCUT2D eigenvalue weighted by atomic mass is 10.1. The van der Waals surface area contributed by atoms with Crippen LogP contribution >= 0.6 is 11.8 Å². The zero-order valence-electron chi connectivity index (χ0n) is 12.1. The molecule has 0 aliphatic carbocycles. The summed E-state index contributed by atoms with van der Waals surface area (Å²) in [6, 6.07) is 21.5. The van der Waals surface area contributed by atoms with Gasteiger partial charge in [-0.3, -0.25) is 0 Å². The predicted molar refractivity (Wildman–Crippen MR) is 94.3 cm³/mol. The van der Waals surface area contributed by atoms with Gasteiger partial charge in [-0.05, 0) is 24.3 Å². The number of aromatic nitrogens is 1. The molecule has 0 fully saturated rings. The first-order valence-electron chi connectivity index (χ1n) is 7.37. The quantitative estimate of drug-likeness (QED) is 0.404. The molecule has 5 rings (SSSR count). The summed E-state index contributed by atoms with van der Waals surface area (Å²) in [4.78, 5) is 2.60. The van der Waals surface area contributed by atoms with Crippen LogP contribution in [0.4, 0.5) is 11.4 Å². The van der Waals surface area contributed by atoms with E-state index in [1.165, 1.54) is 43.0 Å². The zero-order valence-corrected chi connectivity index (χ0v) is 12.9. The second kappa shape index (κ2) is 4.31. The second-order valence-electron chi connectivity index (χ2n) is 5.64. The molecule has 4 aromatic rings. The van der Waals surface area contributed by atoms with Crippen LogP contribution < -0.4 is 5.32 Å². The molecule has 1 aromatic heterocycles. The number of anilines is 2. The number of hydrogen-bond donors (Lipinski definition) is 1. The smallest absolute Gasteiger partial charge is 0.0651 e. The lowest BCUT2D eigenvalue weighted by molar-refractivity contribution is 1.00. The number of nitrogens with one attached hydrogen (secondary N) is 1. The van der Waals surface area contributed by atoms with Crippen molar-refractivity contribution in [1.29, 1.82) is 0 Å². The molecule has 0 radical (unpaired) electrons. The average molecular weight is 302 g/mol. The molecular formula is C19H14N2S. The van der Waals surface area contributed by atoms with Crippen LogP contribution in [0.3, 0.4) is 0 Å². The fraction of sp³-hybridized carbons (Fsp3) is 0.0526. The summed E-state index contributed by atoms with van der Waals surface area (Å²) in [5.74, 6) is 0. The van der Waals surface area contributed by atoms with E-state index < -0.39 is 0 Å². The minimum Gasteiger partial charge on any atom is -0.354 e. The molecule has 0 bridgehead atoms. The molecule has 1 aliphatic rings. The van der Waals surface area contributed by atoms with Crippen LogP contribution in [0.2, 0.25) is 0 Å². The first kappa shape index (κ1) is 12.2. The number of nitrogens with zero attached hydrogens (tertiary/aromatic N) is 1. The molecule has 0 unspecified atom stereocenters. The van der Waals surface area contributed by atoms with Gasteiger partial charge in [-0.15, -0.1) is 0 Å². The SMILES string of the molecule is Cn1c2ccccc2c2ccc3c(c21)Sc1ccccc1N3. The van der Waals surface area contributed by atoms with Gasteiger partial charge in [-0.1, -0.05) is 48.2 Å². The fourth-order valence-electron chi connectivity index (χ4n) is 3.35. The molecule has 1 aliphatic heterocycles. The number of benzene rings is 3. The van der Waals surface area contributed by atoms with Gasteiger partial charge in [0.2, 0.25) is 0 Å². The van der Waals surface area contributed by atoms with E-state index in [0.717, 1.165) is 0 Å². The number of hydrogen-bond acceptors (Lipinski definition) is 2. The standard InChI is InChI=1S/C19H14N2S/c1-21-16-8-4-2-6-12(16)13-10-11-15-19(18(13)21)22-17-9-5-3-7-14(17)20-15/h2-11,20H,1H3. The third-order valence-electron chi connectivity index (χ3n) is 4.39. The summed E-state index contributed by atoms with van der Waals surface area (Å²) < 4.78 is 2.31. The van der Waals surface area contributed by atoms with E-state index in [1.54, 1.807) is 0 Å². The number of para-hydroxylation sites is 2. The van der Waals surface area contributed by atoms with E-state index in [4.69, 9.17) is 0 Å². The molecule has 0 spiro atoms. The molecule has 0 atom stereocenters. The van der Waals surface area contributed by atoms with E-state index in [2.05, 4.69) is 77.6 Å². The largest absolute Gasteiger partial charge is 0.354 e. The second-order valence-corrected chi connectivity index (χ2v) is 6.69. The van der Waals surface area contributed by atoms with Crippen LogP contribution in [-0.2, 0) is 7.05 Å². The van der Waals surface area contributed by atoms with Gasteiger partial charge < -0.3 is 9.88 Å². The Hall–Kier alpha value is -2.39. The topological polar surface area (TPSA) is 17.0 Å². The van der Waals surface area contributed by atoms with Crippen LogP contribution in [0, 0.1) is 0 Å². The molecule has 3 heteroatoms. The molecule has 1 N–H and O–H groups in total. The lowest BCUT2D eigenvalue weighted by Gasteiger charge is -2.21. The molecule has 3 aromatic carbocycles. The third kappa shape index (κ3) is 1.52. The van der Waals surface area contributed by atoms with Crippen molar-refractivity contribution >= 4 is 44.9 Å². The van der Waals surface area contributed by atoms with Crippen LogP contribution in [0.15, 0.2) is 70.5 Å². The molecule has 106 valence electrons. The van der Waals surface area contributed by atoms with Crippen LogP contribution in [0.1, 0.15) is 0 Å². The summed E-state index contributed by atoms with van der Waals surface area (Å²) in [5, 5.41) is 6.22.